The van der Waals surface area contributed by atoms with Gasteiger partial charge in [-0.1, -0.05) is 41.1 Å². The van der Waals surface area contributed by atoms with Gasteiger partial charge in [0.25, 0.3) is 0 Å². The number of esters is 1. The molecule has 0 spiro atoms. The third-order valence-corrected chi connectivity index (χ3v) is 3.47. The van der Waals surface area contributed by atoms with Crippen molar-refractivity contribution in [3.8, 4) is 11.4 Å². The van der Waals surface area contributed by atoms with Crippen LogP contribution in [0.5, 0.6) is 0 Å². The lowest BCUT2D eigenvalue weighted by Gasteiger charge is -2.00. The maximum absolute atomic E-state index is 11.4. The Morgan fingerprint density at radius 2 is 1.96 bits per heavy atom. The molecule has 2 aromatic carbocycles. The van der Waals surface area contributed by atoms with E-state index in [9.17, 15) is 4.79 Å². The van der Waals surface area contributed by atoms with Crippen molar-refractivity contribution in [2.24, 2.45) is 0 Å². The fourth-order valence-corrected chi connectivity index (χ4v) is 2.28. The van der Waals surface area contributed by atoms with E-state index in [0.717, 1.165) is 16.7 Å². The summed E-state index contributed by atoms with van der Waals surface area (Å²) < 4.78 is 9.99. The summed E-state index contributed by atoms with van der Waals surface area (Å²) in [5, 5.41) is 4.02. The molecule has 0 unspecified atom stereocenters. The number of carbonyl (C=O) groups is 1. The Labute approximate surface area is 133 Å². The number of nitrogens with zero attached hydrogens (tertiary/aromatic N) is 2. The summed E-state index contributed by atoms with van der Waals surface area (Å²) in [4.78, 5) is 15.8. The van der Waals surface area contributed by atoms with E-state index in [4.69, 9.17) is 4.52 Å². The average molecular weight is 308 g/mol. The fraction of sp³-hybridized carbons (Fsp3) is 0.167. The van der Waals surface area contributed by atoms with E-state index in [2.05, 4.69) is 14.9 Å². The van der Waals surface area contributed by atoms with Crippen molar-refractivity contribution in [1.29, 1.82) is 0 Å². The summed E-state index contributed by atoms with van der Waals surface area (Å²) >= 11 is 0. The van der Waals surface area contributed by atoms with Gasteiger partial charge in [-0.2, -0.15) is 4.98 Å². The molecule has 5 nitrogen and oxygen atoms in total. The number of hydrogen-bond acceptors (Lipinski definition) is 5. The van der Waals surface area contributed by atoms with Gasteiger partial charge in [-0.3, -0.25) is 0 Å². The Balaban J connectivity index is 1.75. The van der Waals surface area contributed by atoms with Crippen LogP contribution in [0.2, 0.25) is 0 Å². The molecule has 0 bridgehead atoms. The van der Waals surface area contributed by atoms with Gasteiger partial charge >= 0.3 is 5.97 Å². The summed E-state index contributed by atoms with van der Waals surface area (Å²) in [6.45, 7) is 2.02. The van der Waals surface area contributed by atoms with Crippen molar-refractivity contribution in [2.45, 2.75) is 13.3 Å². The summed E-state index contributed by atoms with van der Waals surface area (Å²) in [6.07, 6.45) is 0.514. The largest absolute Gasteiger partial charge is 0.465 e. The molecule has 23 heavy (non-hydrogen) atoms. The van der Waals surface area contributed by atoms with Crippen LogP contribution in [0.4, 0.5) is 0 Å². The highest BCUT2D eigenvalue weighted by Gasteiger charge is 2.10. The number of ether oxygens (including phenoxy) is 1. The highest BCUT2D eigenvalue weighted by molar-refractivity contribution is 5.89. The normalized spacial score (nSPS) is 10.5. The molecule has 3 rings (SSSR count). The van der Waals surface area contributed by atoms with Crippen molar-refractivity contribution in [3.63, 3.8) is 0 Å². The van der Waals surface area contributed by atoms with Gasteiger partial charge in [0.15, 0.2) is 0 Å². The number of aryl methyl sites for hydroxylation is 1. The van der Waals surface area contributed by atoms with Gasteiger partial charge in [-0.25, -0.2) is 4.79 Å². The lowest BCUT2D eigenvalue weighted by molar-refractivity contribution is 0.0600. The van der Waals surface area contributed by atoms with Crippen LogP contribution >= 0.6 is 0 Å². The highest BCUT2D eigenvalue weighted by Crippen LogP contribution is 2.18. The van der Waals surface area contributed by atoms with Gasteiger partial charge in [0.1, 0.15) is 0 Å². The molecule has 0 radical (unpaired) electrons. The monoisotopic (exact) mass is 308 g/mol. The van der Waals surface area contributed by atoms with Crippen molar-refractivity contribution in [2.75, 3.05) is 7.11 Å². The van der Waals surface area contributed by atoms with Crippen molar-refractivity contribution in [1.82, 2.24) is 10.1 Å². The molecule has 0 aliphatic carbocycles. The molecule has 1 aromatic heterocycles. The molecule has 3 aromatic rings. The van der Waals surface area contributed by atoms with Crippen molar-refractivity contribution < 1.29 is 14.1 Å². The van der Waals surface area contributed by atoms with Gasteiger partial charge in [-0.05, 0) is 30.7 Å². The number of aromatic nitrogens is 2. The van der Waals surface area contributed by atoms with Gasteiger partial charge < -0.3 is 9.26 Å². The van der Waals surface area contributed by atoms with Gasteiger partial charge in [0.2, 0.25) is 11.7 Å². The molecular weight excluding hydrogens is 292 g/mol. The first-order valence-electron chi connectivity index (χ1n) is 7.22. The predicted octanol–water partition coefficient (Wildman–Crippen LogP) is 3.42. The summed E-state index contributed by atoms with van der Waals surface area (Å²) in [5.74, 6) is 0.762. The molecule has 0 aliphatic rings. The Bertz CT molecular complexity index is 822. The van der Waals surface area contributed by atoms with E-state index in [-0.39, 0.29) is 5.97 Å². The number of rotatable bonds is 4. The Morgan fingerprint density at radius 1 is 1.17 bits per heavy atom. The number of hydrogen-bond donors (Lipinski definition) is 0. The molecule has 1 heterocycles. The predicted molar refractivity (Wildman–Crippen MR) is 85.1 cm³/mol. The number of methoxy groups -OCH3 is 1. The Kier molecular flexibility index (Phi) is 4.19. The molecule has 5 heteroatoms. The summed E-state index contributed by atoms with van der Waals surface area (Å²) in [7, 11) is 1.36. The minimum Gasteiger partial charge on any atom is -0.465 e. The van der Waals surface area contributed by atoms with Crippen LogP contribution in [-0.4, -0.2) is 23.2 Å². The van der Waals surface area contributed by atoms with Crippen molar-refractivity contribution >= 4 is 5.97 Å². The third kappa shape index (κ3) is 3.45. The quantitative estimate of drug-likeness (QED) is 0.691. The van der Waals surface area contributed by atoms with Crippen LogP contribution < -0.4 is 0 Å². The molecule has 0 atom stereocenters. The van der Waals surface area contributed by atoms with Gasteiger partial charge in [-0.15, -0.1) is 0 Å². The second-order valence-corrected chi connectivity index (χ2v) is 5.25. The SMILES string of the molecule is COC(=O)c1ccc(Cc2nc(-c3cccc(C)c3)no2)cc1. The molecule has 0 fully saturated rings. The molecule has 0 saturated carbocycles. The smallest absolute Gasteiger partial charge is 0.337 e. The summed E-state index contributed by atoms with van der Waals surface area (Å²) in [5.41, 5.74) is 3.58. The molecule has 0 saturated heterocycles. The molecule has 0 amide bonds. The maximum Gasteiger partial charge on any atom is 0.337 e. The van der Waals surface area contributed by atoms with E-state index >= 15 is 0 Å². The lowest BCUT2D eigenvalue weighted by atomic mass is 10.1. The first-order valence-corrected chi connectivity index (χ1v) is 7.22. The van der Waals surface area contributed by atoms with Crippen LogP contribution in [0.1, 0.15) is 27.4 Å². The van der Waals surface area contributed by atoms with E-state index in [1.165, 1.54) is 7.11 Å². The first-order chi connectivity index (χ1) is 11.2. The first kappa shape index (κ1) is 15.0. The average Bonchev–Trinajstić information content (AvgIpc) is 3.03. The molecule has 0 aliphatic heterocycles. The van der Waals surface area contributed by atoms with Gasteiger partial charge in [0.05, 0.1) is 19.1 Å². The molecular formula is C18H16N2O3. The van der Waals surface area contributed by atoms with E-state index in [0.29, 0.717) is 23.7 Å². The van der Waals surface area contributed by atoms with Gasteiger partial charge in [0, 0.05) is 5.56 Å². The number of benzene rings is 2. The lowest BCUT2D eigenvalue weighted by Crippen LogP contribution is -2.01. The Hall–Kier alpha value is -2.95. The van der Waals surface area contributed by atoms with E-state index in [1.807, 2.05) is 43.3 Å². The topological polar surface area (TPSA) is 65.2 Å². The summed E-state index contributed by atoms with van der Waals surface area (Å²) in [6, 6.07) is 15.1. The zero-order valence-electron chi connectivity index (χ0n) is 12.9. The second-order valence-electron chi connectivity index (χ2n) is 5.25. The van der Waals surface area contributed by atoms with E-state index < -0.39 is 0 Å². The zero-order chi connectivity index (χ0) is 16.2. The van der Waals surface area contributed by atoms with Crippen LogP contribution in [0.15, 0.2) is 53.1 Å². The second kappa shape index (κ2) is 6.44. The third-order valence-electron chi connectivity index (χ3n) is 3.47. The molecule has 0 N–H and O–H groups in total. The van der Waals surface area contributed by atoms with Crippen LogP contribution in [0, 0.1) is 6.92 Å². The number of carbonyl (C=O) groups excluding carboxylic acids is 1. The minimum absolute atomic E-state index is 0.351. The van der Waals surface area contributed by atoms with E-state index in [1.54, 1.807) is 12.1 Å². The molecule has 116 valence electrons. The minimum atomic E-state index is -0.351. The Morgan fingerprint density at radius 3 is 2.65 bits per heavy atom. The maximum atomic E-state index is 11.4. The standard InChI is InChI=1S/C18H16N2O3/c1-12-4-3-5-15(10-12)17-19-16(23-20-17)11-13-6-8-14(9-7-13)18(21)22-2/h3-10H,11H2,1-2H3. The highest BCUT2D eigenvalue weighted by atomic mass is 16.5. The van der Waals surface area contributed by atoms with Crippen LogP contribution in [-0.2, 0) is 11.2 Å². The fourth-order valence-electron chi connectivity index (χ4n) is 2.28. The van der Waals surface area contributed by atoms with Crippen LogP contribution in [0.3, 0.4) is 0 Å². The zero-order valence-corrected chi connectivity index (χ0v) is 12.9. The van der Waals surface area contributed by atoms with Crippen LogP contribution in [0.25, 0.3) is 11.4 Å². The van der Waals surface area contributed by atoms with Crippen molar-refractivity contribution in [3.05, 3.63) is 71.1 Å².